The minimum atomic E-state index is -0.982. The fourth-order valence-electron chi connectivity index (χ4n) is 1.87. The third-order valence-corrected chi connectivity index (χ3v) is 3.73. The van der Waals surface area contributed by atoms with E-state index in [2.05, 4.69) is 17.6 Å². The average molecular weight is 304 g/mol. The van der Waals surface area contributed by atoms with Gasteiger partial charge in [-0.1, -0.05) is 32.6 Å². The van der Waals surface area contributed by atoms with Crippen LogP contribution in [0.15, 0.2) is 0 Å². The largest absolute Gasteiger partial charge is 0.480 e. The van der Waals surface area contributed by atoms with Crippen LogP contribution in [0.5, 0.6) is 0 Å². The molecule has 0 saturated carbocycles. The number of unbranched alkanes of at least 4 members (excludes halogenated alkanes) is 3. The quantitative estimate of drug-likeness (QED) is 0.513. The van der Waals surface area contributed by atoms with Gasteiger partial charge in [0.05, 0.1) is 0 Å². The first-order chi connectivity index (χ1) is 9.51. The summed E-state index contributed by atoms with van der Waals surface area (Å²) in [6.45, 7) is 4.11. The maximum atomic E-state index is 11.7. The van der Waals surface area contributed by atoms with Gasteiger partial charge in [-0.25, -0.2) is 9.59 Å². The van der Waals surface area contributed by atoms with Crippen molar-refractivity contribution in [2.24, 2.45) is 0 Å². The summed E-state index contributed by atoms with van der Waals surface area (Å²) in [7, 11) is 0. The molecule has 0 rings (SSSR count). The topological polar surface area (TPSA) is 78.4 Å². The average Bonchev–Trinajstić information content (AvgIpc) is 2.39. The molecular weight excluding hydrogens is 276 g/mol. The summed E-state index contributed by atoms with van der Waals surface area (Å²) in [6, 6.07) is -1.13. The summed E-state index contributed by atoms with van der Waals surface area (Å²) >= 11 is 1.57. The summed E-state index contributed by atoms with van der Waals surface area (Å²) < 4.78 is 0. The van der Waals surface area contributed by atoms with Crippen molar-refractivity contribution in [3.05, 3.63) is 0 Å². The molecule has 0 aliphatic rings. The molecule has 6 heteroatoms. The number of urea groups is 1. The molecule has 0 aromatic carbocycles. The molecule has 3 N–H and O–H groups in total. The van der Waals surface area contributed by atoms with Crippen molar-refractivity contribution in [2.75, 3.05) is 12.0 Å². The molecule has 1 unspecified atom stereocenters. The molecule has 5 nitrogen and oxygen atoms in total. The van der Waals surface area contributed by atoms with Gasteiger partial charge in [0.15, 0.2) is 0 Å². The van der Waals surface area contributed by atoms with E-state index in [1.807, 2.05) is 13.2 Å². The van der Waals surface area contributed by atoms with Crippen LogP contribution in [-0.2, 0) is 4.79 Å². The van der Waals surface area contributed by atoms with Crippen molar-refractivity contribution in [2.45, 2.75) is 64.5 Å². The number of hydrogen-bond acceptors (Lipinski definition) is 3. The SMILES string of the molecule is CCCCCCC(C)NC(=O)N[C@@H](CCSC)C(=O)O. The summed E-state index contributed by atoms with van der Waals surface area (Å²) in [4.78, 5) is 22.7. The molecule has 0 aliphatic carbocycles. The standard InChI is InChI=1S/C14H28N2O3S/c1-4-5-6-7-8-11(2)15-14(19)16-12(13(17)18)9-10-20-3/h11-12H,4-10H2,1-3H3,(H,17,18)(H2,15,16,19)/t11?,12-/m0/s1. The zero-order chi connectivity index (χ0) is 15.4. The lowest BCUT2D eigenvalue weighted by molar-refractivity contribution is -0.139. The molecule has 0 aromatic rings. The van der Waals surface area contributed by atoms with E-state index in [0.29, 0.717) is 12.2 Å². The van der Waals surface area contributed by atoms with E-state index < -0.39 is 12.0 Å². The van der Waals surface area contributed by atoms with Crippen LogP contribution in [0.25, 0.3) is 0 Å². The van der Waals surface area contributed by atoms with Crippen LogP contribution in [-0.4, -0.2) is 41.2 Å². The molecule has 0 aromatic heterocycles. The number of rotatable bonds is 11. The highest BCUT2D eigenvalue weighted by atomic mass is 32.2. The first kappa shape index (κ1) is 19.1. The van der Waals surface area contributed by atoms with E-state index in [-0.39, 0.29) is 12.1 Å². The number of amides is 2. The first-order valence-corrected chi connectivity index (χ1v) is 8.69. The Bertz CT molecular complexity index is 288. The number of carbonyl (C=O) groups excluding carboxylic acids is 1. The van der Waals surface area contributed by atoms with Crippen molar-refractivity contribution in [3.8, 4) is 0 Å². The first-order valence-electron chi connectivity index (χ1n) is 7.30. The summed E-state index contributed by atoms with van der Waals surface area (Å²) in [6.07, 6.45) is 7.95. The number of hydrogen-bond donors (Lipinski definition) is 3. The van der Waals surface area contributed by atoms with Crippen LogP contribution in [0, 0.1) is 0 Å². The molecule has 118 valence electrons. The highest BCUT2D eigenvalue weighted by Gasteiger charge is 2.19. The number of carbonyl (C=O) groups is 2. The molecule has 0 radical (unpaired) electrons. The molecule has 0 fully saturated rings. The van der Waals surface area contributed by atoms with Gasteiger partial charge in [-0.3, -0.25) is 0 Å². The number of carboxylic acids is 1. The predicted octanol–water partition coefficient (Wildman–Crippen LogP) is 2.85. The number of carboxylic acid groups (broad SMARTS) is 1. The third kappa shape index (κ3) is 9.95. The van der Waals surface area contributed by atoms with Crippen molar-refractivity contribution in [1.29, 1.82) is 0 Å². The van der Waals surface area contributed by atoms with Crippen molar-refractivity contribution < 1.29 is 14.7 Å². The zero-order valence-electron chi connectivity index (χ0n) is 12.8. The molecule has 2 atom stereocenters. The summed E-state index contributed by atoms with van der Waals surface area (Å²) in [5.41, 5.74) is 0. The molecule has 20 heavy (non-hydrogen) atoms. The van der Waals surface area contributed by atoms with Crippen LogP contribution < -0.4 is 10.6 Å². The van der Waals surface area contributed by atoms with Crippen LogP contribution >= 0.6 is 11.8 Å². The number of thioether (sulfide) groups is 1. The summed E-state index contributed by atoms with van der Waals surface area (Å²) in [5, 5.41) is 14.4. The fraction of sp³-hybridized carbons (Fsp3) is 0.857. The van der Waals surface area contributed by atoms with Crippen LogP contribution in [0.4, 0.5) is 4.79 Å². The highest BCUT2D eigenvalue weighted by molar-refractivity contribution is 7.98. The molecule has 0 aliphatic heterocycles. The Balaban J connectivity index is 3.95. The molecule has 0 bridgehead atoms. The lowest BCUT2D eigenvalue weighted by atomic mass is 10.1. The van der Waals surface area contributed by atoms with E-state index in [4.69, 9.17) is 5.11 Å². The van der Waals surface area contributed by atoms with Gasteiger partial charge in [-0.2, -0.15) is 11.8 Å². The second kappa shape index (κ2) is 11.9. The lowest BCUT2D eigenvalue weighted by Gasteiger charge is -2.18. The Kier molecular flexibility index (Phi) is 11.3. The van der Waals surface area contributed by atoms with Gasteiger partial charge in [-0.05, 0) is 31.8 Å². The van der Waals surface area contributed by atoms with Gasteiger partial charge in [0, 0.05) is 6.04 Å². The van der Waals surface area contributed by atoms with Gasteiger partial charge >= 0.3 is 12.0 Å². The Hall–Kier alpha value is -0.910. The van der Waals surface area contributed by atoms with Crippen LogP contribution in [0.1, 0.15) is 52.4 Å². The van der Waals surface area contributed by atoms with E-state index in [0.717, 1.165) is 12.8 Å². The predicted molar refractivity (Wildman–Crippen MR) is 84.3 cm³/mol. The lowest BCUT2D eigenvalue weighted by Crippen LogP contribution is -2.48. The molecule has 0 spiro atoms. The second-order valence-electron chi connectivity index (χ2n) is 5.04. The molecule has 2 amide bonds. The minimum Gasteiger partial charge on any atom is -0.480 e. The number of nitrogens with one attached hydrogen (secondary N) is 2. The van der Waals surface area contributed by atoms with E-state index in [9.17, 15) is 9.59 Å². The van der Waals surface area contributed by atoms with E-state index in [1.165, 1.54) is 19.3 Å². The Labute approximate surface area is 126 Å². The molecule has 0 saturated heterocycles. The molecular formula is C14H28N2O3S. The van der Waals surface area contributed by atoms with E-state index >= 15 is 0 Å². The van der Waals surface area contributed by atoms with Crippen molar-refractivity contribution in [1.82, 2.24) is 10.6 Å². The Morgan fingerprint density at radius 3 is 2.40 bits per heavy atom. The van der Waals surface area contributed by atoms with E-state index in [1.54, 1.807) is 11.8 Å². The molecule has 0 heterocycles. The third-order valence-electron chi connectivity index (χ3n) is 3.08. The van der Waals surface area contributed by atoms with Crippen LogP contribution in [0.3, 0.4) is 0 Å². The van der Waals surface area contributed by atoms with Gasteiger partial charge in [0.1, 0.15) is 6.04 Å². The highest BCUT2D eigenvalue weighted by Crippen LogP contribution is 2.05. The zero-order valence-corrected chi connectivity index (χ0v) is 13.6. The normalized spacial score (nSPS) is 13.6. The van der Waals surface area contributed by atoms with Gasteiger partial charge in [-0.15, -0.1) is 0 Å². The van der Waals surface area contributed by atoms with Gasteiger partial charge in [0.25, 0.3) is 0 Å². The Morgan fingerprint density at radius 2 is 1.85 bits per heavy atom. The second-order valence-corrected chi connectivity index (χ2v) is 6.03. The summed E-state index contributed by atoms with van der Waals surface area (Å²) in [5.74, 6) is -0.270. The minimum absolute atomic E-state index is 0.0712. The number of aliphatic carboxylic acids is 1. The van der Waals surface area contributed by atoms with Crippen molar-refractivity contribution >= 4 is 23.8 Å². The maximum Gasteiger partial charge on any atom is 0.326 e. The van der Waals surface area contributed by atoms with Crippen molar-refractivity contribution in [3.63, 3.8) is 0 Å². The van der Waals surface area contributed by atoms with Gasteiger partial charge < -0.3 is 15.7 Å². The maximum absolute atomic E-state index is 11.7. The fourth-order valence-corrected chi connectivity index (χ4v) is 2.34. The Morgan fingerprint density at radius 1 is 1.15 bits per heavy atom. The van der Waals surface area contributed by atoms with Crippen LogP contribution in [0.2, 0.25) is 0 Å². The monoisotopic (exact) mass is 304 g/mol. The smallest absolute Gasteiger partial charge is 0.326 e. The van der Waals surface area contributed by atoms with Gasteiger partial charge in [0.2, 0.25) is 0 Å².